The summed E-state index contributed by atoms with van der Waals surface area (Å²) in [7, 11) is -2.46. The highest BCUT2D eigenvalue weighted by Crippen LogP contribution is 2.31. The predicted molar refractivity (Wildman–Crippen MR) is 123 cm³/mol. The fourth-order valence-corrected chi connectivity index (χ4v) is 4.93. The lowest BCUT2D eigenvalue weighted by molar-refractivity contribution is 0.0729. The normalized spacial score (nSPS) is 13.6. The largest absolute Gasteiger partial charge is 0.331 e. The maximum absolute atomic E-state index is 13.6. The van der Waals surface area contributed by atoms with Crippen LogP contribution in [0, 0.1) is 5.82 Å². The summed E-state index contributed by atoms with van der Waals surface area (Å²) in [5.74, 6) is -0.637. The van der Waals surface area contributed by atoms with E-state index in [0.717, 1.165) is 17.1 Å². The first-order valence-corrected chi connectivity index (χ1v) is 12.0. The summed E-state index contributed by atoms with van der Waals surface area (Å²) in [6, 6.07) is 18.8. The molecule has 0 atom stereocenters. The smallest absolute Gasteiger partial charge is 0.264 e. The Labute approximate surface area is 192 Å². The Hall–Kier alpha value is -2.90. The van der Waals surface area contributed by atoms with E-state index in [0.29, 0.717) is 16.3 Å². The van der Waals surface area contributed by atoms with Crippen molar-refractivity contribution in [3.05, 3.63) is 94.8 Å². The van der Waals surface area contributed by atoms with Crippen LogP contribution < -0.4 is 4.31 Å². The Balaban J connectivity index is 1.61. The number of sulfonamides is 1. The molecule has 1 amide bonds. The van der Waals surface area contributed by atoms with Crippen molar-refractivity contribution in [1.82, 2.24) is 4.90 Å². The van der Waals surface area contributed by atoms with Gasteiger partial charge in [-0.1, -0.05) is 35.9 Å². The van der Waals surface area contributed by atoms with Crippen molar-refractivity contribution in [2.24, 2.45) is 0 Å². The van der Waals surface area contributed by atoms with Crippen molar-refractivity contribution in [1.29, 1.82) is 0 Å². The maximum atomic E-state index is 13.6. The summed E-state index contributed by atoms with van der Waals surface area (Å²) in [5, 5.41) is 0.422. The first-order chi connectivity index (χ1) is 15.3. The fraction of sp³-hybridized carbons (Fsp3) is 0.208. The summed E-state index contributed by atoms with van der Waals surface area (Å²) >= 11 is 6.00. The minimum atomic E-state index is -3.91. The molecule has 1 aliphatic carbocycles. The number of carbonyl (C=O) groups is 1. The molecule has 3 aromatic carbocycles. The average Bonchev–Trinajstić information content (AvgIpc) is 3.62. The molecule has 8 heteroatoms. The molecule has 0 spiro atoms. The first kappa shape index (κ1) is 22.3. The van der Waals surface area contributed by atoms with Gasteiger partial charge in [-0.2, -0.15) is 0 Å². The Bertz CT molecular complexity index is 1260. The molecule has 0 aliphatic heterocycles. The van der Waals surface area contributed by atoms with Crippen molar-refractivity contribution >= 4 is 33.2 Å². The molecule has 1 aliphatic rings. The Morgan fingerprint density at radius 2 is 1.75 bits per heavy atom. The first-order valence-electron chi connectivity index (χ1n) is 10.2. The molecule has 0 aromatic heterocycles. The van der Waals surface area contributed by atoms with E-state index in [-0.39, 0.29) is 34.8 Å². The van der Waals surface area contributed by atoms with E-state index in [1.54, 1.807) is 53.4 Å². The zero-order chi connectivity index (χ0) is 22.9. The molecule has 3 aromatic rings. The molecule has 0 saturated heterocycles. The topological polar surface area (TPSA) is 57.7 Å². The van der Waals surface area contributed by atoms with E-state index in [2.05, 4.69) is 0 Å². The highest BCUT2D eigenvalue weighted by atomic mass is 35.5. The third-order valence-electron chi connectivity index (χ3n) is 5.40. The van der Waals surface area contributed by atoms with Gasteiger partial charge in [0, 0.05) is 30.2 Å². The number of hydrogen-bond acceptors (Lipinski definition) is 3. The Morgan fingerprint density at radius 3 is 2.44 bits per heavy atom. The van der Waals surface area contributed by atoms with Crippen LogP contribution in [0.4, 0.5) is 10.1 Å². The lowest BCUT2D eigenvalue weighted by Crippen LogP contribution is -2.33. The SMILES string of the molecule is CN(c1cccc(Cl)c1)S(=O)(=O)c1cccc(C(=O)N(Cc2cccc(F)c2)C2CC2)c1. The van der Waals surface area contributed by atoms with Crippen LogP contribution in [0.15, 0.2) is 77.7 Å². The molecule has 1 saturated carbocycles. The molecule has 0 heterocycles. The number of halogens is 2. The minimum Gasteiger partial charge on any atom is -0.331 e. The van der Waals surface area contributed by atoms with E-state index in [9.17, 15) is 17.6 Å². The van der Waals surface area contributed by atoms with Crippen molar-refractivity contribution in [3.8, 4) is 0 Å². The quantitative estimate of drug-likeness (QED) is 0.480. The second-order valence-corrected chi connectivity index (χ2v) is 10.2. The van der Waals surface area contributed by atoms with Crippen LogP contribution in [-0.2, 0) is 16.6 Å². The van der Waals surface area contributed by atoms with Gasteiger partial charge in [0.15, 0.2) is 0 Å². The van der Waals surface area contributed by atoms with Crippen LogP contribution in [0.2, 0.25) is 5.02 Å². The molecule has 0 unspecified atom stereocenters. The Kier molecular flexibility index (Phi) is 6.22. The fourth-order valence-electron chi connectivity index (χ4n) is 3.51. The molecule has 0 bridgehead atoms. The number of rotatable bonds is 7. The van der Waals surface area contributed by atoms with Gasteiger partial charge in [0.1, 0.15) is 5.82 Å². The number of hydrogen-bond donors (Lipinski definition) is 0. The lowest BCUT2D eigenvalue weighted by Gasteiger charge is -2.24. The summed E-state index contributed by atoms with van der Waals surface area (Å²) in [6.07, 6.45) is 1.74. The molecular formula is C24H22ClFN2O3S. The van der Waals surface area contributed by atoms with Crippen LogP contribution in [0.25, 0.3) is 0 Å². The van der Waals surface area contributed by atoms with Crippen LogP contribution >= 0.6 is 11.6 Å². The summed E-state index contributed by atoms with van der Waals surface area (Å²) in [4.78, 5) is 15.0. The van der Waals surface area contributed by atoms with Gasteiger partial charge in [0.05, 0.1) is 10.6 Å². The van der Waals surface area contributed by atoms with Gasteiger partial charge in [-0.25, -0.2) is 12.8 Å². The van der Waals surface area contributed by atoms with Crippen LogP contribution in [0.3, 0.4) is 0 Å². The molecule has 32 heavy (non-hydrogen) atoms. The van der Waals surface area contributed by atoms with Crippen LogP contribution in [-0.4, -0.2) is 32.3 Å². The summed E-state index contributed by atoms with van der Waals surface area (Å²) in [5.41, 5.74) is 1.38. The van der Waals surface area contributed by atoms with Gasteiger partial charge in [-0.3, -0.25) is 9.10 Å². The summed E-state index contributed by atoms with van der Waals surface area (Å²) in [6.45, 7) is 0.265. The molecule has 4 rings (SSSR count). The zero-order valence-corrected chi connectivity index (χ0v) is 19.0. The number of anilines is 1. The zero-order valence-electron chi connectivity index (χ0n) is 17.4. The summed E-state index contributed by atoms with van der Waals surface area (Å²) < 4.78 is 41.1. The van der Waals surface area contributed by atoms with Gasteiger partial charge >= 0.3 is 0 Å². The van der Waals surface area contributed by atoms with Crippen molar-refractivity contribution in [2.45, 2.75) is 30.3 Å². The highest BCUT2D eigenvalue weighted by Gasteiger charge is 2.33. The monoisotopic (exact) mass is 472 g/mol. The van der Waals surface area contributed by atoms with Gasteiger partial charge in [-0.15, -0.1) is 0 Å². The van der Waals surface area contributed by atoms with E-state index in [1.807, 2.05) is 0 Å². The molecular weight excluding hydrogens is 451 g/mol. The second kappa shape index (κ2) is 8.92. The van der Waals surface area contributed by atoms with Crippen LogP contribution in [0.1, 0.15) is 28.8 Å². The number of carbonyl (C=O) groups excluding carboxylic acids is 1. The number of benzene rings is 3. The van der Waals surface area contributed by atoms with Crippen molar-refractivity contribution in [2.75, 3.05) is 11.4 Å². The van der Waals surface area contributed by atoms with Crippen molar-refractivity contribution < 1.29 is 17.6 Å². The van der Waals surface area contributed by atoms with Gasteiger partial charge in [-0.05, 0) is 66.9 Å². The maximum Gasteiger partial charge on any atom is 0.264 e. The third kappa shape index (κ3) is 4.79. The third-order valence-corrected chi connectivity index (χ3v) is 7.42. The highest BCUT2D eigenvalue weighted by molar-refractivity contribution is 7.92. The number of amides is 1. The van der Waals surface area contributed by atoms with Gasteiger partial charge < -0.3 is 4.90 Å². The lowest BCUT2D eigenvalue weighted by atomic mass is 10.1. The molecule has 5 nitrogen and oxygen atoms in total. The van der Waals surface area contributed by atoms with Gasteiger partial charge in [0.2, 0.25) is 0 Å². The molecule has 0 radical (unpaired) electrons. The standard InChI is InChI=1S/C24H22ClFN2O3S/c1-27(22-9-4-7-19(25)15-22)32(30,31)23-10-3-6-18(14-23)24(29)28(21-11-12-21)16-17-5-2-8-20(26)13-17/h2-10,13-15,21H,11-12,16H2,1H3. The van der Waals surface area contributed by atoms with E-state index in [1.165, 1.54) is 31.3 Å². The van der Waals surface area contributed by atoms with Crippen molar-refractivity contribution in [3.63, 3.8) is 0 Å². The number of nitrogens with zero attached hydrogens (tertiary/aromatic N) is 2. The van der Waals surface area contributed by atoms with Crippen LogP contribution in [0.5, 0.6) is 0 Å². The van der Waals surface area contributed by atoms with E-state index < -0.39 is 10.0 Å². The molecule has 1 fully saturated rings. The predicted octanol–water partition coefficient (Wildman–Crippen LogP) is 5.11. The molecule has 166 valence electrons. The average molecular weight is 473 g/mol. The van der Waals surface area contributed by atoms with E-state index >= 15 is 0 Å². The minimum absolute atomic E-state index is 0.00679. The van der Waals surface area contributed by atoms with Gasteiger partial charge in [0.25, 0.3) is 15.9 Å². The molecule has 0 N–H and O–H groups in total. The Morgan fingerprint density at radius 1 is 1.03 bits per heavy atom. The van der Waals surface area contributed by atoms with E-state index in [4.69, 9.17) is 11.6 Å². The second-order valence-electron chi connectivity index (χ2n) is 7.77.